The molecule has 142 valence electrons. The van der Waals surface area contributed by atoms with Gasteiger partial charge in [-0.2, -0.15) is 0 Å². The summed E-state index contributed by atoms with van der Waals surface area (Å²) in [5.74, 6) is -1.94. The summed E-state index contributed by atoms with van der Waals surface area (Å²) in [5.41, 5.74) is 2.86. The molecule has 1 heterocycles. The highest BCUT2D eigenvalue weighted by molar-refractivity contribution is 6.06. The molecule has 1 aromatic heterocycles. The van der Waals surface area contributed by atoms with E-state index in [2.05, 4.69) is 5.32 Å². The van der Waals surface area contributed by atoms with E-state index in [0.29, 0.717) is 11.3 Å². The number of para-hydroxylation sites is 1. The highest BCUT2D eigenvalue weighted by Crippen LogP contribution is 2.30. The predicted octanol–water partition coefficient (Wildman–Crippen LogP) is 4.13. The molecule has 0 fully saturated rings. The van der Waals surface area contributed by atoms with Crippen molar-refractivity contribution in [3.8, 4) is 0 Å². The van der Waals surface area contributed by atoms with Gasteiger partial charge in [0.05, 0.1) is 0 Å². The van der Waals surface area contributed by atoms with Gasteiger partial charge < -0.3 is 15.1 Å². The first kappa shape index (κ1) is 18.1. The van der Waals surface area contributed by atoms with Crippen molar-refractivity contribution in [3.05, 3.63) is 77.9 Å². The maximum absolute atomic E-state index is 13.4. The quantitative estimate of drug-likeness (QED) is 0.546. The number of carbonyl (C=O) groups is 1. The minimum atomic E-state index is -0.886. The average Bonchev–Trinajstić information content (AvgIpc) is 3.06. The molecule has 1 atom stereocenters. The summed E-state index contributed by atoms with van der Waals surface area (Å²) in [7, 11) is 0. The number of quaternary nitrogens is 1. The number of nitrogens with one attached hydrogen (secondary N) is 1. The van der Waals surface area contributed by atoms with Crippen molar-refractivity contribution in [1.82, 2.24) is 0 Å². The molecular weight excluding hydrogens is 362 g/mol. The zero-order chi connectivity index (χ0) is 19.7. The van der Waals surface area contributed by atoms with Gasteiger partial charge in [0.2, 0.25) is 0 Å². The lowest BCUT2D eigenvalue weighted by Gasteiger charge is -2.11. The highest BCUT2D eigenvalue weighted by Gasteiger charge is 2.14. The fraction of sp³-hybridized carbons (Fsp3) is 0.136. The van der Waals surface area contributed by atoms with Gasteiger partial charge in [-0.25, -0.2) is 8.78 Å². The van der Waals surface area contributed by atoms with Gasteiger partial charge in [-0.05, 0) is 49.4 Å². The Morgan fingerprint density at radius 3 is 2.61 bits per heavy atom. The van der Waals surface area contributed by atoms with Crippen molar-refractivity contribution < 1.29 is 23.3 Å². The topological polar surface area (TPSA) is 58.9 Å². The van der Waals surface area contributed by atoms with Crippen LogP contribution in [0.1, 0.15) is 18.5 Å². The van der Waals surface area contributed by atoms with Crippen LogP contribution in [0.5, 0.6) is 0 Å². The van der Waals surface area contributed by atoms with Gasteiger partial charge >= 0.3 is 0 Å². The minimum Gasteiger partial charge on any atom is -0.456 e. The Labute approximate surface area is 160 Å². The smallest absolute Gasteiger partial charge is 0.279 e. The Hall–Kier alpha value is -3.25. The molecule has 0 saturated heterocycles. The Morgan fingerprint density at radius 2 is 1.79 bits per heavy atom. The molecule has 0 aliphatic carbocycles. The molecule has 4 rings (SSSR count). The first-order valence-corrected chi connectivity index (χ1v) is 9.00. The zero-order valence-corrected chi connectivity index (χ0v) is 15.2. The summed E-state index contributed by atoms with van der Waals surface area (Å²) >= 11 is 0. The van der Waals surface area contributed by atoms with Crippen LogP contribution in [0.2, 0.25) is 0 Å². The molecule has 0 aliphatic rings. The Morgan fingerprint density at radius 1 is 1.00 bits per heavy atom. The van der Waals surface area contributed by atoms with Gasteiger partial charge in [-0.15, -0.1) is 0 Å². The summed E-state index contributed by atoms with van der Waals surface area (Å²) in [4.78, 5) is 12.3. The largest absolute Gasteiger partial charge is 0.456 e. The monoisotopic (exact) mass is 381 g/mol. The van der Waals surface area contributed by atoms with E-state index < -0.39 is 11.6 Å². The van der Waals surface area contributed by atoms with Gasteiger partial charge in [0, 0.05) is 22.0 Å². The normalized spacial score (nSPS) is 12.4. The van der Waals surface area contributed by atoms with Crippen molar-refractivity contribution in [2.75, 3.05) is 11.9 Å². The second kappa shape index (κ2) is 7.40. The molecule has 28 heavy (non-hydrogen) atoms. The van der Waals surface area contributed by atoms with E-state index in [-0.39, 0.29) is 18.5 Å². The lowest BCUT2D eigenvalue weighted by molar-refractivity contribution is -0.682. The Kier molecular flexibility index (Phi) is 4.79. The van der Waals surface area contributed by atoms with E-state index >= 15 is 0 Å². The molecule has 1 amide bonds. The molecule has 0 unspecified atom stereocenters. The second-order valence-electron chi connectivity index (χ2n) is 6.76. The number of nitrogens with two attached hydrogens (primary N) is 1. The molecule has 3 N–H and O–H groups in total. The molecule has 3 aromatic carbocycles. The molecule has 0 radical (unpaired) electrons. The van der Waals surface area contributed by atoms with Crippen molar-refractivity contribution in [3.63, 3.8) is 0 Å². The third-order valence-corrected chi connectivity index (χ3v) is 4.79. The van der Waals surface area contributed by atoms with Crippen molar-refractivity contribution >= 4 is 33.5 Å². The Bertz CT molecular complexity index is 1170. The van der Waals surface area contributed by atoms with Crippen LogP contribution in [0.25, 0.3) is 21.9 Å². The lowest BCUT2D eigenvalue weighted by atomic mass is 10.1. The molecule has 6 heteroatoms. The molecule has 4 aromatic rings. The third kappa shape index (κ3) is 3.59. The van der Waals surface area contributed by atoms with Gasteiger partial charge in [-0.3, -0.25) is 4.79 Å². The van der Waals surface area contributed by atoms with Crippen LogP contribution in [-0.4, -0.2) is 12.5 Å². The Balaban J connectivity index is 1.43. The summed E-state index contributed by atoms with van der Waals surface area (Å²) in [6, 6.07) is 16.8. The first-order chi connectivity index (χ1) is 13.5. The fourth-order valence-corrected chi connectivity index (χ4v) is 3.23. The second-order valence-corrected chi connectivity index (χ2v) is 6.76. The van der Waals surface area contributed by atoms with Crippen LogP contribution < -0.4 is 10.6 Å². The van der Waals surface area contributed by atoms with Gasteiger partial charge in [0.25, 0.3) is 5.91 Å². The maximum Gasteiger partial charge on any atom is 0.279 e. The van der Waals surface area contributed by atoms with Gasteiger partial charge in [-0.1, -0.05) is 18.2 Å². The number of rotatable bonds is 5. The van der Waals surface area contributed by atoms with E-state index in [1.54, 1.807) is 11.4 Å². The van der Waals surface area contributed by atoms with Crippen LogP contribution in [0.3, 0.4) is 0 Å². The van der Waals surface area contributed by atoms with Crippen molar-refractivity contribution in [2.45, 2.75) is 13.0 Å². The number of fused-ring (bicyclic) bond motifs is 3. The maximum atomic E-state index is 13.4. The molecule has 0 aliphatic heterocycles. The third-order valence-electron chi connectivity index (χ3n) is 4.79. The van der Waals surface area contributed by atoms with E-state index in [4.69, 9.17) is 4.42 Å². The van der Waals surface area contributed by atoms with Gasteiger partial charge in [0.15, 0.2) is 18.2 Å². The summed E-state index contributed by atoms with van der Waals surface area (Å²) in [6.07, 6.45) is 0. The average molecular weight is 381 g/mol. The molecule has 0 spiro atoms. The summed E-state index contributed by atoms with van der Waals surface area (Å²) in [6.45, 7) is 1.99. The van der Waals surface area contributed by atoms with Gasteiger partial charge in [0.1, 0.15) is 17.2 Å². The number of hydrogen-bond acceptors (Lipinski definition) is 2. The molecule has 4 nitrogen and oxygen atoms in total. The van der Waals surface area contributed by atoms with Crippen LogP contribution in [0, 0.1) is 11.6 Å². The molecule has 0 saturated carbocycles. The number of carbonyl (C=O) groups excluding carboxylic acids is 1. The number of halogens is 2. The van der Waals surface area contributed by atoms with E-state index in [0.717, 1.165) is 34.1 Å². The van der Waals surface area contributed by atoms with Crippen molar-refractivity contribution in [1.29, 1.82) is 0 Å². The minimum absolute atomic E-state index is 0.157. The van der Waals surface area contributed by atoms with Crippen LogP contribution in [0.4, 0.5) is 14.5 Å². The van der Waals surface area contributed by atoms with Crippen LogP contribution in [0.15, 0.2) is 65.1 Å². The summed E-state index contributed by atoms with van der Waals surface area (Å²) < 4.78 is 32.2. The number of anilines is 1. The predicted molar refractivity (Wildman–Crippen MR) is 104 cm³/mol. The molecular formula is C22H19F2N2O2+. The van der Waals surface area contributed by atoms with Crippen LogP contribution in [-0.2, 0) is 4.79 Å². The number of hydrogen-bond donors (Lipinski definition) is 2. The van der Waals surface area contributed by atoms with Crippen LogP contribution >= 0.6 is 0 Å². The molecule has 0 bridgehead atoms. The van der Waals surface area contributed by atoms with E-state index in [9.17, 15) is 13.6 Å². The SMILES string of the molecule is C[C@H]([NH2+]CC(=O)Nc1ccc2oc3ccccc3c2c1)c1ccc(F)c(F)c1. The lowest BCUT2D eigenvalue weighted by Crippen LogP contribution is -2.86. The summed E-state index contributed by atoms with van der Waals surface area (Å²) in [5, 5.41) is 6.57. The van der Waals surface area contributed by atoms with Crippen molar-refractivity contribution in [2.24, 2.45) is 0 Å². The first-order valence-electron chi connectivity index (χ1n) is 9.00. The standard InChI is InChI=1S/C22H18F2N2O2/c1-13(14-6-8-18(23)19(24)10-14)25-12-22(27)26-15-7-9-21-17(11-15)16-4-2-3-5-20(16)28-21/h2-11,13,25H,12H2,1H3,(H,26,27)/p+1/t13-/m0/s1. The fourth-order valence-electron chi connectivity index (χ4n) is 3.23. The number of furan rings is 1. The highest BCUT2D eigenvalue weighted by atomic mass is 19.2. The van der Waals surface area contributed by atoms with E-state index in [1.807, 2.05) is 43.3 Å². The van der Waals surface area contributed by atoms with E-state index in [1.165, 1.54) is 6.07 Å². The zero-order valence-electron chi connectivity index (χ0n) is 15.2. The number of benzene rings is 3. The number of amides is 1.